The second-order valence-electron chi connectivity index (χ2n) is 4.31. The third-order valence-corrected chi connectivity index (χ3v) is 4.06. The molecule has 16 heavy (non-hydrogen) atoms. The zero-order valence-electron chi connectivity index (χ0n) is 9.39. The maximum atomic E-state index is 5.90. The molecular formula is C12H18N2S2. The lowest BCUT2D eigenvalue weighted by Crippen LogP contribution is -2.37. The zero-order chi connectivity index (χ0) is 11.4. The summed E-state index contributed by atoms with van der Waals surface area (Å²) in [6.45, 7) is 2.25. The molecule has 0 aliphatic carbocycles. The molecule has 0 bridgehead atoms. The monoisotopic (exact) mass is 254 g/mol. The highest BCUT2D eigenvalue weighted by molar-refractivity contribution is 7.80. The van der Waals surface area contributed by atoms with E-state index < -0.39 is 0 Å². The average Bonchev–Trinajstić information content (AvgIpc) is 2.62. The van der Waals surface area contributed by atoms with Crippen LogP contribution in [0.3, 0.4) is 0 Å². The molecule has 88 valence electrons. The lowest BCUT2D eigenvalue weighted by Gasteiger charge is -2.29. The van der Waals surface area contributed by atoms with E-state index in [2.05, 4.69) is 21.7 Å². The largest absolute Gasteiger partial charge is 0.392 e. The maximum absolute atomic E-state index is 5.90. The van der Waals surface area contributed by atoms with E-state index >= 15 is 0 Å². The Morgan fingerprint density at radius 1 is 1.31 bits per heavy atom. The van der Waals surface area contributed by atoms with Crippen LogP contribution in [0, 0.1) is 0 Å². The number of nitrogens with zero attached hydrogens (tertiary/aromatic N) is 1. The molecule has 0 saturated carbocycles. The Bertz CT molecular complexity index is 327. The number of thiophene rings is 1. The van der Waals surface area contributed by atoms with Crippen LogP contribution in [0.2, 0.25) is 0 Å². The highest BCUT2D eigenvalue weighted by Crippen LogP contribution is 2.26. The molecule has 4 heteroatoms. The van der Waals surface area contributed by atoms with E-state index in [4.69, 9.17) is 18.0 Å². The molecule has 0 aromatic carbocycles. The Morgan fingerprint density at radius 2 is 2.00 bits per heavy atom. The molecule has 1 saturated heterocycles. The van der Waals surface area contributed by atoms with Crippen molar-refractivity contribution in [1.29, 1.82) is 0 Å². The van der Waals surface area contributed by atoms with Crippen molar-refractivity contribution in [2.75, 3.05) is 13.1 Å². The molecule has 2 heterocycles. The Hall–Kier alpha value is -0.450. The molecule has 1 aliphatic rings. The van der Waals surface area contributed by atoms with Crippen LogP contribution in [0.5, 0.6) is 0 Å². The average molecular weight is 254 g/mol. The summed E-state index contributed by atoms with van der Waals surface area (Å²) in [5.41, 5.74) is 7.17. The van der Waals surface area contributed by atoms with Gasteiger partial charge in [0.25, 0.3) is 0 Å². The van der Waals surface area contributed by atoms with Crippen molar-refractivity contribution < 1.29 is 0 Å². The van der Waals surface area contributed by atoms with Crippen molar-refractivity contribution >= 4 is 28.5 Å². The van der Waals surface area contributed by atoms with Crippen molar-refractivity contribution in [3.05, 3.63) is 22.4 Å². The minimum atomic E-state index is 0.152. The van der Waals surface area contributed by atoms with Gasteiger partial charge in [-0.1, -0.05) is 25.1 Å². The summed E-state index contributed by atoms with van der Waals surface area (Å²) < 4.78 is 0. The van der Waals surface area contributed by atoms with Gasteiger partial charge in [-0.05, 0) is 48.3 Å². The molecule has 2 N–H and O–H groups in total. The Labute approximate surface area is 106 Å². The minimum Gasteiger partial charge on any atom is -0.392 e. The van der Waals surface area contributed by atoms with Crippen LogP contribution in [0.15, 0.2) is 16.8 Å². The fourth-order valence-electron chi connectivity index (χ4n) is 2.34. The van der Waals surface area contributed by atoms with E-state index in [1.54, 1.807) is 11.3 Å². The van der Waals surface area contributed by atoms with Crippen LogP contribution in [0.25, 0.3) is 0 Å². The van der Waals surface area contributed by atoms with Gasteiger partial charge >= 0.3 is 0 Å². The van der Waals surface area contributed by atoms with Crippen LogP contribution >= 0.6 is 23.6 Å². The summed E-state index contributed by atoms with van der Waals surface area (Å²) >= 11 is 6.94. The van der Waals surface area contributed by atoms with Crippen molar-refractivity contribution in [3.63, 3.8) is 0 Å². The summed E-state index contributed by atoms with van der Waals surface area (Å²) in [7, 11) is 0. The van der Waals surface area contributed by atoms with E-state index in [-0.39, 0.29) is 6.04 Å². The van der Waals surface area contributed by atoms with Crippen LogP contribution < -0.4 is 5.73 Å². The first-order chi connectivity index (χ1) is 7.79. The molecule has 2 rings (SSSR count). The summed E-state index contributed by atoms with van der Waals surface area (Å²) in [6.07, 6.45) is 5.21. The van der Waals surface area contributed by atoms with Crippen molar-refractivity contribution in [2.45, 2.75) is 31.7 Å². The van der Waals surface area contributed by atoms with Crippen LogP contribution in [0.1, 0.15) is 37.3 Å². The molecule has 0 radical (unpaired) electrons. The normalized spacial score (nSPS) is 20.2. The van der Waals surface area contributed by atoms with Gasteiger partial charge in [-0.2, -0.15) is 11.3 Å². The number of rotatable bonds is 3. The predicted molar refractivity (Wildman–Crippen MR) is 73.9 cm³/mol. The van der Waals surface area contributed by atoms with Gasteiger partial charge in [0.1, 0.15) is 0 Å². The number of thiocarbonyl (C=S) groups is 1. The molecule has 1 aliphatic heterocycles. The Kier molecular flexibility index (Phi) is 4.32. The minimum absolute atomic E-state index is 0.152. The number of hydrogen-bond donors (Lipinski definition) is 1. The first-order valence-corrected chi connectivity index (χ1v) is 7.19. The van der Waals surface area contributed by atoms with Gasteiger partial charge in [0.2, 0.25) is 0 Å². The first-order valence-electron chi connectivity index (χ1n) is 5.84. The van der Waals surface area contributed by atoms with Gasteiger partial charge in [0.15, 0.2) is 0 Å². The maximum Gasteiger partial charge on any atom is 0.0948 e. The Balaban J connectivity index is 2.15. The van der Waals surface area contributed by atoms with Crippen molar-refractivity contribution in [1.82, 2.24) is 4.90 Å². The first kappa shape index (κ1) is 12.0. The molecule has 1 fully saturated rings. The summed E-state index contributed by atoms with van der Waals surface area (Å²) in [4.78, 5) is 3.05. The van der Waals surface area contributed by atoms with Crippen LogP contribution in [-0.4, -0.2) is 23.0 Å². The molecule has 1 unspecified atom stereocenters. The van der Waals surface area contributed by atoms with Gasteiger partial charge in [-0.3, -0.25) is 4.90 Å². The lowest BCUT2D eigenvalue weighted by molar-refractivity contribution is 0.255. The van der Waals surface area contributed by atoms with Crippen LogP contribution in [0.4, 0.5) is 0 Å². The molecule has 2 nitrogen and oxygen atoms in total. The van der Waals surface area contributed by atoms with Gasteiger partial charge in [-0.25, -0.2) is 0 Å². The summed E-state index contributed by atoms with van der Waals surface area (Å²) in [5.74, 6) is 0. The molecule has 1 aromatic heterocycles. The number of hydrogen-bond acceptors (Lipinski definition) is 3. The third-order valence-electron chi connectivity index (χ3n) is 3.13. The second kappa shape index (κ2) is 5.75. The smallest absolute Gasteiger partial charge is 0.0948 e. The fourth-order valence-corrected chi connectivity index (χ4v) is 3.30. The highest BCUT2D eigenvalue weighted by Gasteiger charge is 2.23. The molecule has 0 spiro atoms. The van der Waals surface area contributed by atoms with Gasteiger partial charge < -0.3 is 5.73 Å². The van der Waals surface area contributed by atoms with Crippen LogP contribution in [-0.2, 0) is 0 Å². The van der Waals surface area contributed by atoms with E-state index in [0.717, 1.165) is 13.1 Å². The zero-order valence-corrected chi connectivity index (χ0v) is 11.0. The van der Waals surface area contributed by atoms with E-state index in [1.165, 1.54) is 31.2 Å². The quantitative estimate of drug-likeness (QED) is 0.841. The van der Waals surface area contributed by atoms with Crippen molar-refractivity contribution in [3.8, 4) is 0 Å². The highest BCUT2D eigenvalue weighted by atomic mass is 32.1. The Morgan fingerprint density at radius 3 is 2.50 bits per heavy atom. The summed E-state index contributed by atoms with van der Waals surface area (Å²) in [6, 6.07) is 2.29. The standard InChI is InChI=1S/C12H18N2S2/c13-12(15)11(10-5-8-16-9-10)14-6-3-1-2-4-7-14/h5,8-9,11H,1-4,6-7H2,(H2,13,15). The van der Waals surface area contributed by atoms with Gasteiger partial charge in [0, 0.05) is 0 Å². The second-order valence-corrected chi connectivity index (χ2v) is 5.56. The fraction of sp³-hybridized carbons (Fsp3) is 0.583. The topological polar surface area (TPSA) is 29.3 Å². The van der Waals surface area contributed by atoms with Gasteiger partial charge in [-0.15, -0.1) is 0 Å². The molecule has 1 aromatic rings. The third kappa shape index (κ3) is 2.81. The van der Waals surface area contributed by atoms with E-state index in [0.29, 0.717) is 4.99 Å². The van der Waals surface area contributed by atoms with E-state index in [1.807, 2.05) is 0 Å². The van der Waals surface area contributed by atoms with Gasteiger partial charge in [0.05, 0.1) is 11.0 Å². The number of nitrogens with two attached hydrogens (primary N) is 1. The summed E-state index contributed by atoms with van der Waals surface area (Å²) in [5, 5.41) is 4.26. The predicted octanol–water partition coefficient (Wildman–Crippen LogP) is 2.95. The molecule has 0 amide bonds. The van der Waals surface area contributed by atoms with E-state index in [9.17, 15) is 0 Å². The molecule has 1 atom stereocenters. The number of likely N-dealkylation sites (tertiary alicyclic amines) is 1. The lowest BCUT2D eigenvalue weighted by atomic mass is 10.1. The SMILES string of the molecule is NC(=S)C(c1ccsc1)N1CCCCCC1. The van der Waals surface area contributed by atoms with Crippen molar-refractivity contribution in [2.24, 2.45) is 5.73 Å². The molecular weight excluding hydrogens is 236 g/mol.